The molecule has 0 aliphatic heterocycles. The Kier molecular flexibility index (Phi) is 2.72. The van der Waals surface area contributed by atoms with Crippen LogP contribution in [0.25, 0.3) is 0 Å². The van der Waals surface area contributed by atoms with Crippen LogP contribution in [0.3, 0.4) is 0 Å². The van der Waals surface area contributed by atoms with Crippen molar-refractivity contribution in [3.05, 3.63) is 17.8 Å². The lowest BCUT2D eigenvalue weighted by atomic mass is 10.2. The lowest BCUT2D eigenvalue weighted by Gasteiger charge is -2.12. The Hall–Kier alpha value is -1.76. The summed E-state index contributed by atoms with van der Waals surface area (Å²) < 4.78 is 5.66. The number of nitrogens with two attached hydrogens (primary N) is 1. The quantitative estimate of drug-likeness (QED) is 0.796. The van der Waals surface area contributed by atoms with Crippen LogP contribution in [0.5, 0.6) is 5.88 Å². The fourth-order valence-corrected chi connectivity index (χ4v) is 1.81. The summed E-state index contributed by atoms with van der Waals surface area (Å²) >= 11 is 0. The van der Waals surface area contributed by atoms with Crippen molar-refractivity contribution >= 4 is 5.69 Å². The molecule has 0 unspecified atom stereocenters. The largest absolute Gasteiger partial charge is 0.473 e. The predicted molar refractivity (Wildman–Crippen MR) is 56.2 cm³/mol. The van der Waals surface area contributed by atoms with Gasteiger partial charge in [0.25, 0.3) is 0 Å². The van der Waals surface area contributed by atoms with Gasteiger partial charge in [0.1, 0.15) is 17.7 Å². The molecule has 0 amide bonds. The van der Waals surface area contributed by atoms with Crippen molar-refractivity contribution in [2.75, 3.05) is 5.73 Å². The van der Waals surface area contributed by atoms with Crippen LogP contribution in [0.1, 0.15) is 31.2 Å². The third-order valence-electron chi connectivity index (χ3n) is 2.57. The third kappa shape index (κ3) is 2.18. The van der Waals surface area contributed by atoms with E-state index in [2.05, 4.69) is 4.98 Å². The highest BCUT2D eigenvalue weighted by Crippen LogP contribution is 2.25. The maximum atomic E-state index is 8.89. The summed E-state index contributed by atoms with van der Waals surface area (Å²) in [6.45, 7) is 0. The fourth-order valence-electron chi connectivity index (χ4n) is 1.81. The maximum absolute atomic E-state index is 8.89. The molecule has 2 rings (SSSR count). The number of ether oxygens (including phenoxy) is 1. The first-order chi connectivity index (χ1) is 7.29. The van der Waals surface area contributed by atoms with Gasteiger partial charge in [0, 0.05) is 0 Å². The van der Waals surface area contributed by atoms with Crippen molar-refractivity contribution in [2.45, 2.75) is 31.8 Å². The summed E-state index contributed by atoms with van der Waals surface area (Å²) in [5.74, 6) is 0.415. The summed E-state index contributed by atoms with van der Waals surface area (Å²) in [4.78, 5) is 4.04. The molecule has 0 spiro atoms. The van der Waals surface area contributed by atoms with E-state index in [0.717, 1.165) is 12.8 Å². The Labute approximate surface area is 88.7 Å². The average Bonchev–Trinajstić information content (AvgIpc) is 2.73. The van der Waals surface area contributed by atoms with Crippen LogP contribution in [0.2, 0.25) is 0 Å². The minimum absolute atomic E-state index is 0.216. The topological polar surface area (TPSA) is 71.9 Å². The van der Waals surface area contributed by atoms with E-state index in [-0.39, 0.29) is 6.10 Å². The SMILES string of the molecule is N#Cc1cc(N)cnc1OC1CCCC1. The summed E-state index contributed by atoms with van der Waals surface area (Å²) in [5.41, 5.74) is 6.45. The normalized spacial score (nSPS) is 16.2. The van der Waals surface area contributed by atoms with Gasteiger partial charge in [0.05, 0.1) is 11.9 Å². The lowest BCUT2D eigenvalue weighted by Crippen LogP contribution is -2.13. The summed E-state index contributed by atoms with van der Waals surface area (Å²) in [5, 5.41) is 8.89. The Morgan fingerprint density at radius 1 is 1.47 bits per heavy atom. The average molecular weight is 203 g/mol. The molecule has 0 radical (unpaired) electrons. The van der Waals surface area contributed by atoms with Crippen LogP contribution in [0.15, 0.2) is 12.3 Å². The second-order valence-corrected chi connectivity index (χ2v) is 3.76. The highest BCUT2D eigenvalue weighted by atomic mass is 16.5. The molecular weight excluding hydrogens is 190 g/mol. The van der Waals surface area contributed by atoms with Gasteiger partial charge in [-0.2, -0.15) is 5.26 Å². The Morgan fingerprint density at radius 2 is 2.20 bits per heavy atom. The molecule has 1 aliphatic carbocycles. The van der Waals surface area contributed by atoms with Gasteiger partial charge in [0.2, 0.25) is 5.88 Å². The van der Waals surface area contributed by atoms with Crippen molar-refractivity contribution in [3.63, 3.8) is 0 Å². The minimum atomic E-state index is 0.216. The number of nitrogens with zero attached hydrogens (tertiary/aromatic N) is 2. The Balaban J connectivity index is 2.16. The number of aromatic nitrogens is 1. The minimum Gasteiger partial charge on any atom is -0.473 e. The zero-order valence-electron chi connectivity index (χ0n) is 8.44. The second kappa shape index (κ2) is 4.18. The van der Waals surface area contributed by atoms with Gasteiger partial charge in [-0.05, 0) is 31.7 Å². The molecule has 1 aromatic heterocycles. The van der Waals surface area contributed by atoms with Crippen LogP contribution >= 0.6 is 0 Å². The zero-order valence-corrected chi connectivity index (χ0v) is 8.44. The number of anilines is 1. The standard InChI is InChI=1S/C11H13N3O/c12-6-8-5-9(13)7-14-11(8)15-10-3-1-2-4-10/h5,7,10H,1-4,13H2. The molecule has 1 heterocycles. The molecule has 1 aromatic rings. The number of nitrogen functional groups attached to an aromatic ring is 1. The van der Waals surface area contributed by atoms with Gasteiger partial charge in [-0.3, -0.25) is 0 Å². The first-order valence-electron chi connectivity index (χ1n) is 5.12. The molecule has 0 bridgehead atoms. The number of rotatable bonds is 2. The third-order valence-corrected chi connectivity index (χ3v) is 2.57. The van der Waals surface area contributed by atoms with E-state index in [9.17, 15) is 0 Å². The maximum Gasteiger partial charge on any atom is 0.232 e. The van der Waals surface area contributed by atoms with E-state index in [1.165, 1.54) is 19.0 Å². The molecule has 4 heteroatoms. The molecule has 1 aliphatic rings. The Morgan fingerprint density at radius 3 is 2.87 bits per heavy atom. The highest BCUT2D eigenvalue weighted by molar-refractivity contribution is 5.48. The van der Waals surface area contributed by atoms with Gasteiger partial charge in [-0.25, -0.2) is 4.98 Å². The van der Waals surface area contributed by atoms with Gasteiger partial charge < -0.3 is 10.5 Å². The first-order valence-corrected chi connectivity index (χ1v) is 5.12. The number of pyridine rings is 1. The molecule has 78 valence electrons. The number of hydrogen-bond donors (Lipinski definition) is 1. The Bertz CT molecular complexity index is 391. The van der Waals surface area contributed by atoms with Crippen molar-refractivity contribution in [3.8, 4) is 11.9 Å². The monoisotopic (exact) mass is 203 g/mol. The molecule has 15 heavy (non-hydrogen) atoms. The van der Waals surface area contributed by atoms with Crippen molar-refractivity contribution < 1.29 is 4.74 Å². The van der Waals surface area contributed by atoms with Crippen molar-refractivity contribution in [1.29, 1.82) is 5.26 Å². The van der Waals surface area contributed by atoms with E-state index < -0.39 is 0 Å². The molecule has 1 saturated carbocycles. The van der Waals surface area contributed by atoms with E-state index in [0.29, 0.717) is 17.1 Å². The van der Waals surface area contributed by atoms with Gasteiger partial charge in [-0.1, -0.05) is 0 Å². The second-order valence-electron chi connectivity index (χ2n) is 3.76. The molecule has 2 N–H and O–H groups in total. The summed E-state index contributed by atoms with van der Waals surface area (Å²) in [6, 6.07) is 3.64. The predicted octanol–water partition coefficient (Wildman–Crippen LogP) is 1.86. The van der Waals surface area contributed by atoms with E-state index in [1.807, 2.05) is 6.07 Å². The summed E-state index contributed by atoms with van der Waals surface area (Å²) in [6.07, 6.45) is 6.23. The van der Waals surface area contributed by atoms with Gasteiger partial charge in [-0.15, -0.1) is 0 Å². The molecular formula is C11H13N3O. The number of hydrogen-bond acceptors (Lipinski definition) is 4. The molecule has 0 aromatic carbocycles. The van der Waals surface area contributed by atoms with E-state index >= 15 is 0 Å². The van der Waals surface area contributed by atoms with Crippen LogP contribution in [-0.2, 0) is 0 Å². The van der Waals surface area contributed by atoms with Crippen LogP contribution in [0, 0.1) is 11.3 Å². The summed E-state index contributed by atoms with van der Waals surface area (Å²) in [7, 11) is 0. The van der Waals surface area contributed by atoms with E-state index in [4.69, 9.17) is 15.7 Å². The van der Waals surface area contributed by atoms with Gasteiger partial charge >= 0.3 is 0 Å². The zero-order chi connectivity index (χ0) is 10.7. The molecule has 0 saturated heterocycles. The van der Waals surface area contributed by atoms with Crippen LogP contribution in [-0.4, -0.2) is 11.1 Å². The lowest BCUT2D eigenvalue weighted by molar-refractivity contribution is 0.201. The van der Waals surface area contributed by atoms with Gasteiger partial charge in [0.15, 0.2) is 0 Å². The number of nitriles is 1. The van der Waals surface area contributed by atoms with E-state index in [1.54, 1.807) is 6.07 Å². The smallest absolute Gasteiger partial charge is 0.232 e. The van der Waals surface area contributed by atoms with Crippen molar-refractivity contribution in [2.24, 2.45) is 0 Å². The molecule has 4 nitrogen and oxygen atoms in total. The fraction of sp³-hybridized carbons (Fsp3) is 0.455. The van der Waals surface area contributed by atoms with Crippen LogP contribution in [0.4, 0.5) is 5.69 Å². The first kappa shape index (κ1) is 9.78. The highest BCUT2D eigenvalue weighted by Gasteiger charge is 2.18. The van der Waals surface area contributed by atoms with Crippen molar-refractivity contribution in [1.82, 2.24) is 4.98 Å². The molecule has 1 fully saturated rings. The molecule has 0 atom stereocenters. The van der Waals surface area contributed by atoms with Crippen LogP contribution < -0.4 is 10.5 Å².